The van der Waals surface area contributed by atoms with Crippen LogP contribution >= 0.6 is 0 Å². The van der Waals surface area contributed by atoms with Crippen LogP contribution in [0.25, 0.3) is 0 Å². The average Bonchev–Trinajstić information content (AvgIpc) is 2.40. The number of likely N-dealkylation sites (tertiary alicyclic amines) is 1. The largest absolute Gasteiger partial charge is 0.478 e. The SMILES string of the molecule is O=C(O)c1ccc(CCC[NH+]2CCCCC2)cc1. The van der Waals surface area contributed by atoms with Gasteiger partial charge in [0.2, 0.25) is 0 Å². The average molecular weight is 248 g/mol. The third-order valence-corrected chi connectivity index (χ3v) is 3.76. The minimum atomic E-state index is -0.848. The van der Waals surface area contributed by atoms with Crippen molar-refractivity contribution >= 4 is 5.97 Å². The molecule has 18 heavy (non-hydrogen) atoms. The molecule has 0 aromatic heterocycles. The minimum absolute atomic E-state index is 0.375. The highest BCUT2D eigenvalue weighted by molar-refractivity contribution is 5.87. The molecule has 0 bridgehead atoms. The lowest BCUT2D eigenvalue weighted by atomic mass is 10.1. The lowest BCUT2D eigenvalue weighted by molar-refractivity contribution is -0.905. The standard InChI is InChI=1S/C15H21NO2/c17-15(18)14-8-6-13(7-9-14)5-4-12-16-10-2-1-3-11-16/h6-9H,1-5,10-12H2,(H,17,18)/p+1. The van der Waals surface area contributed by atoms with Gasteiger partial charge in [-0.25, -0.2) is 4.79 Å². The van der Waals surface area contributed by atoms with Crippen molar-refractivity contribution in [1.82, 2.24) is 0 Å². The molecule has 1 aliphatic heterocycles. The van der Waals surface area contributed by atoms with Crippen LogP contribution in [0.5, 0.6) is 0 Å². The molecule has 0 radical (unpaired) electrons. The van der Waals surface area contributed by atoms with Gasteiger partial charge in [0.05, 0.1) is 25.2 Å². The fraction of sp³-hybridized carbons (Fsp3) is 0.533. The number of aromatic carboxylic acids is 1. The fourth-order valence-corrected chi connectivity index (χ4v) is 2.66. The van der Waals surface area contributed by atoms with Gasteiger partial charge in [-0.3, -0.25) is 0 Å². The van der Waals surface area contributed by atoms with Crippen molar-refractivity contribution in [2.45, 2.75) is 32.1 Å². The predicted molar refractivity (Wildman–Crippen MR) is 71.1 cm³/mol. The summed E-state index contributed by atoms with van der Waals surface area (Å²) in [4.78, 5) is 12.5. The number of quaternary nitrogens is 1. The van der Waals surface area contributed by atoms with E-state index in [0.717, 1.165) is 6.42 Å². The Balaban J connectivity index is 1.74. The van der Waals surface area contributed by atoms with E-state index in [4.69, 9.17) is 5.11 Å². The van der Waals surface area contributed by atoms with E-state index in [1.54, 1.807) is 17.0 Å². The molecule has 0 amide bonds. The fourth-order valence-electron chi connectivity index (χ4n) is 2.66. The van der Waals surface area contributed by atoms with Gasteiger partial charge in [-0.15, -0.1) is 0 Å². The third-order valence-electron chi connectivity index (χ3n) is 3.76. The Morgan fingerprint density at radius 3 is 2.39 bits per heavy atom. The van der Waals surface area contributed by atoms with E-state index in [9.17, 15) is 4.79 Å². The van der Waals surface area contributed by atoms with E-state index in [-0.39, 0.29) is 0 Å². The first-order valence-electron chi connectivity index (χ1n) is 6.91. The highest BCUT2D eigenvalue weighted by Gasteiger charge is 2.12. The first-order chi connectivity index (χ1) is 8.75. The number of aryl methyl sites for hydroxylation is 1. The smallest absolute Gasteiger partial charge is 0.335 e. The van der Waals surface area contributed by atoms with Gasteiger partial charge in [0, 0.05) is 6.42 Å². The predicted octanol–water partition coefficient (Wildman–Crippen LogP) is 1.39. The van der Waals surface area contributed by atoms with E-state index < -0.39 is 5.97 Å². The Kier molecular flexibility index (Phi) is 4.76. The molecule has 3 nitrogen and oxygen atoms in total. The van der Waals surface area contributed by atoms with E-state index in [1.165, 1.54) is 50.9 Å². The van der Waals surface area contributed by atoms with Crippen LogP contribution in [0.2, 0.25) is 0 Å². The van der Waals surface area contributed by atoms with Gasteiger partial charge in [0.1, 0.15) is 0 Å². The van der Waals surface area contributed by atoms with Gasteiger partial charge < -0.3 is 10.0 Å². The van der Waals surface area contributed by atoms with Crippen LogP contribution in [0.3, 0.4) is 0 Å². The zero-order valence-electron chi connectivity index (χ0n) is 10.8. The molecule has 1 fully saturated rings. The highest BCUT2D eigenvalue weighted by Crippen LogP contribution is 2.06. The maximum absolute atomic E-state index is 10.7. The van der Waals surface area contributed by atoms with Gasteiger partial charge in [-0.05, 0) is 43.4 Å². The Morgan fingerprint density at radius 2 is 1.78 bits per heavy atom. The topological polar surface area (TPSA) is 41.7 Å². The van der Waals surface area contributed by atoms with Gasteiger partial charge in [0.25, 0.3) is 0 Å². The molecule has 2 N–H and O–H groups in total. The summed E-state index contributed by atoms with van der Waals surface area (Å²) in [6.07, 6.45) is 6.41. The highest BCUT2D eigenvalue weighted by atomic mass is 16.4. The molecule has 1 aromatic rings. The molecular weight excluding hydrogens is 226 g/mol. The van der Waals surface area contributed by atoms with E-state index in [2.05, 4.69) is 0 Å². The number of hydrogen-bond acceptors (Lipinski definition) is 1. The summed E-state index contributed by atoms with van der Waals surface area (Å²) in [7, 11) is 0. The number of nitrogens with one attached hydrogen (secondary N) is 1. The number of carbonyl (C=O) groups is 1. The number of hydrogen-bond donors (Lipinski definition) is 2. The zero-order valence-corrected chi connectivity index (χ0v) is 10.8. The monoisotopic (exact) mass is 248 g/mol. The Bertz CT molecular complexity index is 380. The maximum Gasteiger partial charge on any atom is 0.335 e. The summed E-state index contributed by atoms with van der Waals surface area (Å²) in [6, 6.07) is 7.28. The molecule has 1 saturated heterocycles. The molecule has 1 heterocycles. The molecule has 0 aliphatic carbocycles. The van der Waals surface area contributed by atoms with Crippen molar-refractivity contribution in [3.05, 3.63) is 35.4 Å². The lowest BCUT2D eigenvalue weighted by Crippen LogP contribution is -3.12. The number of carboxylic acids is 1. The van der Waals surface area contributed by atoms with E-state index in [1.807, 2.05) is 12.1 Å². The van der Waals surface area contributed by atoms with Crippen LogP contribution in [0.15, 0.2) is 24.3 Å². The number of carboxylic acid groups (broad SMARTS) is 1. The van der Waals surface area contributed by atoms with Crippen LogP contribution in [-0.4, -0.2) is 30.7 Å². The van der Waals surface area contributed by atoms with Crippen LogP contribution in [0.1, 0.15) is 41.6 Å². The van der Waals surface area contributed by atoms with Crippen molar-refractivity contribution in [2.75, 3.05) is 19.6 Å². The summed E-state index contributed by atoms with van der Waals surface area (Å²) >= 11 is 0. The number of rotatable bonds is 5. The normalized spacial score (nSPS) is 16.7. The molecule has 0 atom stereocenters. The van der Waals surface area contributed by atoms with Crippen molar-refractivity contribution in [3.63, 3.8) is 0 Å². The van der Waals surface area contributed by atoms with Gasteiger partial charge in [-0.2, -0.15) is 0 Å². The van der Waals surface area contributed by atoms with Crippen LogP contribution in [-0.2, 0) is 6.42 Å². The second kappa shape index (κ2) is 6.55. The third kappa shape index (κ3) is 3.84. The summed E-state index contributed by atoms with van der Waals surface area (Å²) in [5.74, 6) is -0.848. The summed E-state index contributed by atoms with van der Waals surface area (Å²) < 4.78 is 0. The van der Waals surface area contributed by atoms with Crippen LogP contribution in [0, 0.1) is 0 Å². The van der Waals surface area contributed by atoms with Gasteiger partial charge in [0.15, 0.2) is 0 Å². The van der Waals surface area contributed by atoms with Crippen molar-refractivity contribution in [3.8, 4) is 0 Å². The molecule has 0 saturated carbocycles. The Labute approximate surface area is 108 Å². The molecule has 0 unspecified atom stereocenters. The molecular formula is C15H22NO2+. The van der Waals surface area contributed by atoms with E-state index in [0.29, 0.717) is 5.56 Å². The van der Waals surface area contributed by atoms with E-state index >= 15 is 0 Å². The number of benzene rings is 1. The van der Waals surface area contributed by atoms with Gasteiger partial charge >= 0.3 is 5.97 Å². The summed E-state index contributed by atoms with van der Waals surface area (Å²) in [6.45, 7) is 3.91. The van der Waals surface area contributed by atoms with Crippen molar-refractivity contribution in [2.24, 2.45) is 0 Å². The second-order valence-corrected chi connectivity index (χ2v) is 5.17. The van der Waals surface area contributed by atoms with Gasteiger partial charge in [-0.1, -0.05) is 12.1 Å². The summed E-state index contributed by atoms with van der Waals surface area (Å²) in [5, 5.41) is 8.82. The second-order valence-electron chi connectivity index (χ2n) is 5.17. The lowest BCUT2D eigenvalue weighted by Gasteiger charge is -2.23. The Morgan fingerprint density at radius 1 is 1.11 bits per heavy atom. The summed E-state index contributed by atoms with van der Waals surface area (Å²) in [5.41, 5.74) is 1.62. The molecule has 98 valence electrons. The zero-order chi connectivity index (χ0) is 12.8. The van der Waals surface area contributed by atoms with Crippen LogP contribution in [0.4, 0.5) is 0 Å². The minimum Gasteiger partial charge on any atom is -0.478 e. The van der Waals surface area contributed by atoms with Crippen molar-refractivity contribution in [1.29, 1.82) is 0 Å². The molecule has 0 spiro atoms. The first-order valence-corrected chi connectivity index (χ1v) is 6.91. The molecule has 1 aliphatic rings. The first kappa shape index (κ1) is 13.1. The molecule has 2 rings (SSSR count). The quantitative estimate of drug-likeness (QED) is 0.827. The number of piperidine rings is 1. The molecule has 3 heteroatoms. The van der Waals surface area contributed by atoms with Crippen LogP contribution < -0.4 is 4.90 Å². The van der Waals surface area contributed by atoms with Crippen molar-refractivity contribution < 1.29 is 14.8 Å². The maximum atomic E-state index is 10.7. The Hall–Kier alpha value is -1.35. The molecule has 1 aromatic carbocycles.